The van der Waals surface area contributed by atoms with Crippen molar-refractivity contribution in [2.75, 3.05) is 20.6 Å². The number of aliphatic carboxylic acids is 1. The second-order valence-electron chi connectivity index (χ2n) is 9.95. The molecule has 6 atom stereocenters. The maximum absolute atomic E-state index is 13.1. The maximum Gasteiger partial charge on any atom is 0.353 e. The van der Waals surface area contributed by atoms with Gasteiger partial charge in [-0.2, -0.15) is 0 Å². The molecule has 0 aromatic heterocycles. The Morgan fingerprint density at radius 2 is 1.92 bits per heavy atom. The lowest BCUT2D eigenvalue weighted by atomic mass is 9.79. The molecule has 4 rings (SSSR count). The normalized spacial score (nSPS) is 28.6. The second kappa shape index (κ2) is 9.87. The summed E-state index contributed by atoms with van der Waals surface area (Å²) in [4.78, 5) is 55.2. The molecule has 0 radical (unpaired) electrons. The lowest BCUT2D eigenvalue weighted by Gasteiger charge is -2.46. The third-order valence-electron chi connectivity index (χ3n) is 7.35. The van der Waals surface area contributed by atoms with Gasteiger partial charge in [-0.15, -0.1) is 11.8 Å². The first kappa shape index (κ1) is 26.2. The van der Waals surface area contributed by atoms with Gasteiger partial charge in [0.2, 0.25) is 17.7 Å². The molecular weight excluding hydrogens is 484 g/mol. The van der Waals surface area contributed by atoms with Gasteiger partial charge in [0.15, 0.2) is 0 Å². The molecule has 10 nitrogen and oxygen atoms in total. The molecule has 36 heavy (non-hydrogen) atoms. The molecule has 3 aliphatic rings. The van der Waals surface area contributed by atoms with Crippen molar-refractivity contribution in [1.29, 1.82) is 0 Å². The molecule has 3 aliphatic heterocycles. The fourth-order valence-corrected chi connectivity index (χ4v) is 7.21. The van der Waals surface area contributed by atoms with Crippen LogP contribution in [0.25, 0.3) is 0 Å². The molecule has 2 fully saturated rings. The third kappa shape index (κ3) is 4.39. The Balaban J connectivity index is 1.60. The summed E-state index contributed by atoms with van der Waals surface area (Å²) in [7, 11) is 3.38. The number of benzene rings is 1. The van der Waals surface area contributed by atoms with E-state index in [9.17, 15) is 29.4 Å². The fraction of sp³-hybridized carbons (Fsp3) is 0.520. The summed E-state index contributed by atoms with van der Waals surface area (Å²) in [6.45, 7) is 4.27. The van der Waals surface area contributed by atoms with Crippen LogP contribution in [0.15, 0.2) is 34.9 Å². The van der Waals surface area contributed by atoms with Crippen molar-refractivity contribution in [1.82, 2.24) is 14.7 Å². The number of amides is 3. The van der Waals surface area contributed by atoms with E-state index in [1.54, 1.807) is 33.2 Å². The molecule has 0 spiro atoms. The Bertz CT molecular complexity index is 1140. The number of fused-ring (bicyclic) bond motifs is 1. The van der Waals surface area contributed by atoms with E-state index in [0.29, 0.717) is 30.0 Å². The van der Waals surface area contributed by atoms with Crippen molar-refractivity contribution in [2.45, 2.75) is 50.3 Å². The quantitative estimate of drug-likeness (QED) is 0.429. The van der Waals surface area contributed by atoms with E-state index in [1.807, 2.05) is 24.0 Å². The number of primary amides is 1. The topological polar surface area (TPSA) is 144 Å². The van der Waals surface area contributed by atoms with Crippen molar-refractivity contribution in [2.24, 2.45) is 17.6 Å². The van der Waals surface area contributed by atoms with Crippen LogP contribution in [0.2, 0.25) is 0 Å². The van der Waals surface area contributed by atoms with Crippen LogP contribution >= 0.6 is 11.8 Å². The van der Waals surface area contributed by atoms with E-state index in [0.717, 1.165) is 5.56 Å². The summed E-state index contributed by atoms with van der Waals surface area (Å²) in [5.41, 5.74) is 6.66. The number of carboxylic acids is 1. The van der Waals surface area contributed by atoms with Gasteiger partial charge in [0.05, 0.1) is 24.1 Å². The van der Waals surface area contributed by atoms with Gasteiger partial charge in [-0.3, -0.25) is 19.3 Å². The van der Waals surface area contributed by atoms with Gasteiger partial charge in [0.1, 0.15) is 5.70 Å². The zero-order chi connectivity index (χ0) is 26.5. The first-order valence-electron chi connectivity index (χ1n) is 11.9. The van der Waals surface area contributed by atoms with Crippen LogP contribution in [0.3, 0.4) is 0 Å². The highest BCUT2D eigenvalue weighted by molar-refractivity contribution is 8.03. The van der Waals surface area contributed by atoms with Crippen LogP contribution in [0, 0.1) is 11.8 Å². The number of hydrogen-bond donors (Lipinski definition) is 3. The molecule has 1 aromatic rings. The van der Waals surface area contributed by atoms with Crippen LogP contribution in [0.4, 0.5) is 0 Å². The maximum atomic E-state index is 13.1. The van der Waals surface area contributed by atoms with Gasteiger partial charge in [-0.1, -0.05) is 25.1 Å². The summed E-state index contributed by atoms with van der Waals surface area (Å²) in [6.07, 6.45) is -0.378. The number of nitrogens with zero attached hydrogens (tertiary/aromatic N) is 3. The van der Waals surface area contributed by atoms with E-state index in [4.69, 9.17) is 5.73 Å². The lowest BCUT2D eigenvalue weighted by Crippen LogP contribution is -2.63. The summed E-state index contributed by atoms with van der Waals surface area (Å²) >= 11 is 1.40. The Labute approximate surface area is 214 Å². The number of aliphatic hydroxyl groups is 1. The number of likely N-dealkylation sites (tertiary alicyclic amines) is 1. The van der Waals surface area contributed by atoms with Gasteiger partial charge in [0, 0.05) is 48.8 Å². The minimum atomic E-state index is -1.17. The number of aliphatic hydroxyl groups excluding tert-OH is 1. The summed E-state index contributed by atoms with van der Waals surface area (Å²) in [6, 6.07) is 6.19. The number of carbonyl (C=O) groups excluding carboxylic acids is 3. The Hall–Kier alpha value is -2.89. The van der Waals surface area contributed by atoms with Gasteiger partial charge < -0.3 is 25.7 Å². The highest BCUT2D eigenvalue weighted by Crippen LogP contribution is 2.52. The molecule has 0 unspecified atom stereocenters. The van der Waals surface area contributed by atoms with Crippen molar-refractivity contribution >= 4 is 35.5 Å². The first-order chi connectivity index (χ1) is 16.9. The van der Waals surface area contributed by atoms with Crippen molar-refractivity contribution in [3.05, 3.63) is 46.0 Å². The Kier molecular flexibility index (Phi) is 7.18. The summed E-state index contributed by atoms with van der Waals surface area (Å²) in [5.74, 6) is -3.02. The summed E-state index contributed by atoms with van der Waals surface area (Å²) < 4.78 is 0. The van der Waals surface area contributed by atoms with Crippen LogP contribution < -0.4 is 5.73 Å². The van der Waals surface area contributed by atoms with Gasteiger partial charge in [-0.25, -0.2) is 4.79 Å². The average molecular weight is 517 g/mol. The Morgan fingerprint density at radius 1 is 1.25 bits per heavy atom. The Morgan fingerprint density at radius 3 is 2.50 bits per heavy atom. The van der Waals surface area contributed by atoms with Crippen LogP contribution in [0.5, 0.6) is 0 Å². The summed E-state index contributed by atoms with van der Waals surface area (Å²) in [5, 5.41) is 19.9. The molecular formula is C25H32N4O6S. The van der Waals surface area contributed by atoms with E-state index in [-0.39, 0.29) is 34.7 Å². The zero-order valence-electron chi connectivity index (χ0n) is 20.7. The average Bonchev–Trinajstić information content (AvgIpc) is 3.30. The molecule has 3 amide bonds. The number of carboxylic acid groups (broad SMARTS) is 1. The SMILES string of the molecule is C[C@@H](O)[C@H]1C(=O)N2C(C(=O)O)=C(S[C@H]3C[C@@H](C(=O)N(C)C)N(Cc4ccccc4C(N)=O)C3)[C@H](C)[C@H]12. The highest BCUT2D eigenvalue weighted by atomic mass is 32.2. The highest BCUT2D eigenvalue weighted by Gasteiger charge is 2.60. The van der Waals surface area contributed by atoms with Gasteiger partial charge in [0.25, 0.3) is 0 Å². The number of hydrogen-bond acceptors (Lipinski definition) is 7. The second-order valence-corrected chi connectivity index (χ2v) is 11.3. The molecule has 11 heteroatoms. The number of rotatable bonds is 8. The van der Waals surface area contributed by atoms with Crippen molar-refractivity contribution in [3.63, 3.8) is 0 Å². The van der Waals surface area contributed by atoms with E-state index >= 15 is 0 Å². The number of β-lactam (4-membered cyclic amide) rings is 1. The predicted molar refractivity (Wildman–Crippen MR) is 133 cm³/mol. The lowest BCUT2D eigenvalue weighted by molar-refractivity contribution is -0.163. The van der Waals surface area contributed by atoms with Gasteiger partial charge in [-0.05, 0) is 25.0 Å². The minimum absolute atomic E-state index is 0.0209. The van der Waals surface area contributed by atoms with E-state index in [2.05, 4.69) is 0 Å². The van der Waals surface area contributed by atoms with Crippen molar-refractivity contribution in [3.8, 4) is 0 Å². The first-order valence-corrected chi connectivity index (χ1v) is 12.8. The molecule has 0 saturated carbocycles. The minimum Gasteiger partial charge on any atom is -0.477 e. The number of likely N-dealkylation sites (N-methyl/N-ethyl adjacent to an activating group) is 1. The number of thioether (sulfide) groups is 1. The number of carbonyl (C=O) groups is 4. The van der Waals surface area contributed by atoms with E-state index in [1.165, 1.54) is 21.6 Å². The smallest absolute Gasteiger partial charge is 0.353 e. The monoisotopic (exact) mass is 516 g/mol. The zero-order valence-corrected chi connectivity index (χ0v) is 21.6. The van der Waals surface area contributed by atoms with E-state index < -0.39 is 29.9 Å². The van der Waals surface area contributed by atoms with Crippen LogP contribution in [0.1, 0.15) is 36.2 Å². The van der Waals surface area contributed by atoms with Crippen molar-refractivity contribution < 1.29 is 29.4 Å². The molecule has 3 heterocycles. The molecule has 4 N–H and O–H groups in total. The van der Waals surface area contributed by atoms with Crippen LogP contribution in [-0.4, -0.2) is 92.7 Å². The molecule has 0 aliphatic carbocycles. The molecule has 2 saturated heterocycles. The predicted octanol–water partition coefficient (Wildman–Crippen LogP) is 0.704. The molecule has 0 bridgehead atoms. The molecule has 194 valence electrons. The van der Waals surface area contributed by atoms with Gasteiger partial charge >= 0.3 is 5.97 Å². The fourth-order valence-electron chi connectivity index (χ4n) is 5.65. The molecule has 1 aromatic carbocycles. The third-order valence-corrected chi connectivity index (χ3v) is 8.85. The number of nitrogens with two attached hydrogens (primary N) is 1. The van der Waals surface area contributed by atoms with Crippen LogP contribution in [-0.2, 0) is 20.9 Å². The largest absolute Gasteiger partial charge is 0.477 e. The standard InChI is InChI=1S/C25H32N4O6S/c1-12-19-18(13(2)30)24(33)29(19)20(25(34)35)21(12)36-15-9-17(23(32)27(3)4)28(11-15)10-14-7-5-6-8-16(14)22(26)31/h5-8,12-13,15,17-19,30H,9-11H2,1-4H3,(H2,26,31)(H,34,35)/t12-,13-,15+,17+,18-,19-/m1/s1.